The van der Waals surface area contributed by atoms with Gasteiger partial charge in [-0.2, -0.15) is 0 Å². The van der Waals surface area contributed by atoms with Crippen molar-refractivity contribution in [2.75, 3.05) is 34.2 Å². The fraction of sp³-hybridized carbons (Fsp3) is 0.469. The summed E-state index contributed by atoms with van der Waals surface area (Å²) in [6.07, 6.45) is -5.99. The highest BCUT2D eigenvalue weighted by molar-refractivity contribution is 7.10. The number of carbonyl (C=O) groups excluding carboxylic acids is 1. The lowest BCUT2D eigenvalue weighted by molar-refractivity contribution is -0.349. The van der Waals surface area contributed by atoms with E-state index in [1.807, 2.05) is 23.6 Å². The van der Waals surface area contributed by atoms with Gasteiger partial charge < -0.3 is 58.0 Å². The Labute approximate surface area is 267 Å². The molecule has 46 heavy (non-hydrogen) atoms. The van der Waals surface area contributed by atoms with Crippen LogP contribution in [0.1, 0.15) is 33.8 Å². The quantitative estimate of drug-likeness (QED) is 0.333. The topological polar surface area (TPSA) is 161 Å². The first kappa shape index (κ1) is 29.6. The van der Waals surface area contributed by atoms with Gasteiger partial charge in [0.2, 0.25) is 24.6 Å². The van der Waals surface area contributed by atoms with E-state index in [1.165, 1.54) is 25.6 Å². The predicted molar refractivity (Wildman–Crippen MR) is 156 cm³/mol. The maximum Gasteiger partial charge on any atom is 0.310 e. The van der Waals surface area contributed by atoms with Gasteiger partial charge in [0.1, 0.15) is 24.4 Å². The van der Waals surface area contributed by atoms with E-state index in [4.69, 9.17) is 42.6 Å². The molecule has 14 heteroatoms. The van der Waals surface area contributed by atoms with Gasteiger partial charge in [0.15, 0.2) is 29.3 Å². The fourth-order valence-corrected chi connectivity index (χ4v) is 7.86. The number of aliphatic hydroxyl groups is 2. The highest BCUT2D eigenvalue weighted by atomic mass is 32.1. The minimum Gasteiger partial charge on any atom is -0.502 e. The summed E-state index contributed by atoms with van der Waals surface area (Å²) in [5.41, 5.74) is 2.07. The average Bonchev–Trinajstić information content (AvgIpc) is 3.85. The van der Waals surface area contributed by atoms with E-state index in [9.17, 15) is 20.1 Å². The Balaban J connectivity index is 1.17. The van der Waals surface area contributed by atoms with Crippen molar-refractivity contribution in [3.63, 3.8) is 0 Å². The molecule has 2 aromatic carbocycles. The first-order valence-corrected chi connectivity index (χ1v) is 15.8. The molecular formula is C32H32O13S. The zero-order chi connectivity index (χ0) is 31.7. The van der Waals surface area contributed by atoms with Crippen molar-refractivity contribution in [2.45, 2.75) is 49.3 Å². The number of aromatic hydroxyl groups is 1. The highest BCUT2D eigenvalue weighted by Gasteiger charge is 2.52. The molecule has 3 saturated heterocycles. The van der Waals surface area contributed by atoms with Gasteiger partial charge in [-0.25, -0.2) is 0 Å². The van der Waals surface area contributed by atoms with Crippen LogP contribution in [0.15, 0.2) is 35.7 Å². The number of hydrogen-bond donors (Lipinski definition) is 3. The van der Waals surface area contributed by atoms with Crippen LogP contribution < -0.4 is 23.7 Å². The largest absolute Gasteiger partial charge is 0.502 e. The molecule has 3 aromatic rings. The number of cyclic esters (lactones) is 1. The lowest BCUT2D eigenvalue weighted by Crippen LogP contribution is -2.62. The van der Waals surface area contributed by atoms with E-state index in [2.05, 4.69) is 0 Å². The molecule has 4 aliphatic heterocycles. The molecule has 5 aliphatic rings. The molecule has 1 aliphatic carbocycles. The lowest BCUT2D eigenvalue weighted by Gasteiger charge is -2.46. The molecule has 5 heterocycles. The Kier molecular flexibility index (Phi) is 7.38. The van der Waals surface area contributed by atoms with Crippen molar-refractivity contribution >= 4 is 17.3 Å². The van der Waals surface area contributed by atoms with Gasteiger partial charge in [-0.1, -0.05) is 6.07 Å². The normalized spacial score (nSPS) is 32.6. The minimum atomic E-state index is -1.48. The Bertz CT molecular complexity index is 1620. The molecule has 0 amide bonds. The van der Waals surface area contributed by atoms with Crippen LogP contribution in [0.3, 0.4) is 0 Å². The molecule has 0 spiro atoms. The van der Waals surface area contributed by atoms with Crippen LogP contribution in [-0.2, 0) is 30.2 Å². The molecule has 9 atom stereocenters. The number of hydrogen-bond acceptors (Lipinski definition) is 14. The number of methoxy groups -OCH3 is 2. The summed E-state index contributed by atoms with van der Waals surface area (Å²) in [4.78, 5) is 14.0. The van der Waals surface area contributed by atoms with Gasteiger partial charge >= 0.3 is 5.97 Å². The van der Waals surface area contributed by atoms with Crippen molar-refractivity contribution in [1.29, 1.82) is 0 Å². The van der Waals surface area contributed by atoms with Crippen molar-refractivity contribution in [2.24, 2.45) is 11.8 Å². The number of rotatable bonds is 6. The number of benzene rings is 2. The second kappa shape index (κ2) is 11.5. The minimum absolute atomic E-state index is 0.0673. The fourth-order valence-electron chi connectivity index (χ4n) is 7.15. The van der Waals surface area contributed by atoms with E-state index < -0.39 is 48.8 Å². The zero-order valence-corrected chi connectivity index (χ0v) is 25.6. The molecule has 13 nitrogen and oxygen atoms in total. The number of carbonyl (C=O) groups is 1. The van der Waals surface area contributed by atoms with Gasteiger partial charge in [-0.15, -0.1) is 11.3 Å². The number of phenolic OH excluding ortho intramolecular Hbond substituents is 1. The summed E-state index contributed by atoms with van der Waals surface area (Å²) >= 11 is 1.47. The number of thiophene rings is 1. The predicted octanol–water partition coefficient (Wildman–Crippen LogP) is 2.62. The summed E-state index contributed by atoms with van der Waals surface area (Å²) in [6, 6.07) is 8.91. The molecule has 6 unspecified atom stereocenters. The van der Waals surface area contributed by atoms with E-state index >= 15 is 0 Å². The molecule has 0 saturated carbocycles. The first-order valence-electron chi connectivity index (χ1n) is 14.9. The maximum atomic E-state index is 13.2. The first-order chi connectivity index (χ1) is 22.4. The third kappa shape index (κ3) is 4.66. The number of fused-ring (bicyclic) bond motifs is 4. The summed E-state index contributed by atoms with van der Waals surface area (Å²) in [6.45, 7) is 0.240. The van der Waals surface area contributed by atoms with E-state index in [1.54, 1.807) is 12.1 Å². The molecule has 8 rings (SSSR count). The summed E-state index contributed by atoms with van der Waals surface area (Å²) in [5.74, 6) is -0.500. The number of aliphatic hydroxyl groups excluding tert-OH is 2. The third-order valence-corrected chi connectivity index (χ3v) is 10.2. The number of ether oxygens (including phenoxy) is 9. The van der Waals surface area contributed by atoms with Crippen LogP contribution in [0.25, 0.3) is 0 Å². The Morgan fingerprint density at radius 3 is 2.52 bits per heavy atom. The van der Waals surface area contributed by atoms with Gasteiger partial charge in [-0.05, 0) is 47.2 Å². The van der Waals surface area contributed by atoms with Gasteiger partial charge in [0.25, 0.3) is 0 Å². The summed E-state index contributed by atoms with van der Waals surface area (Å²) in [7, 11) is 2.87. The zero-order valence-electron chi connectivity index (χ0n) is 24.8. The smallest absolute Gasteiger partial charge is 0.310 e. The summed E-state index contributed by atoms with van der Waals surface area (Å²) in [5, 5.41) is 35.0. The van der Waals surface area contributed by atoms with Gasteiger partial charge in [0, 0.05) is 17.4 Å². The monoisotopic (exact) mass is 656 g/mol. The van der Waals surface area contributed by atoms with Crippen LogP contribution in [0.5, 0.6) is 34.5 Å². The molecule has 1 aromatic heterocycles. The number of phenols is 1. The summed E-state index contributed by atoms with van der Waals surface area (Å²) < 4.78 is 52.6. The third-order valence-electron chi connectivity index (χ3n) is 9.34. The molecule has 3 fully saturated rings. The van der Waals surface area contributed by atoms with E-state index in [0.29, 0.717) is 34.6 Å². The van der Waals surface area contributed by atoms with Crippen LogP contribution in [0.4, 0.5) is 0 Å². The van der Waals surface area contributed by atoms with Gasteiger partial charge in [0.05, 0.1) is 38.2 Å². The molecule has 3 N–H and O–H groups in total. The second-order valence-corrected chi connectivity index (χ2v) is 12.8. The Hall–Kier alpha value is -3.79. The van der Waals surface area contributed by atoms with Crippen molar-refractivity contribution in [1.82, 2.24) is 0 Å². The Morgan fingerprint density at radius 1 is 0.978 bits per heavy atom. The van der Waals surface area contributed by atoms with Crippen LogP contribution >= 0.6 is 11.3 Å². The Morgan fingerprint density at radius 2 is 1.78 bits per heavy atom. The molecule has 0 bridgehead atoms. The van der Waals surface area contributed by atoms with Gasteiger partial charge in [-0.3, -0.25) is 4.79 Å². The van der Waals surface area contributed by atoms with Crippen LogP contribution in [0.2, 0.25) is 0 Å². The SMILES string of the molecule is COc1cc(C2c3cc4c(c(OC5OC6CO[C@@H](c7cccs7)OC6C(O)C5O)c3C[C@@H]3COC(=O)[C@@H]23)OCO4)cc(OC)c1O. The standard InChI is InChI=1S/C32H32O13S/c1-37-17-7-13(8-18(38-2)24(17)33)22-15-9-19-29(42-12-41-19)27(16(15)6-14-10-39-30(36)23(14)22)44-32-26(35)25(34)28-20(43-32)11-40-31(45-28)21-4-3-5-46-21/h3-5,7-9,14,20,22-23,25-26,28,31-35H,6,10-12H2,1-2H3/t14-,20?,22?,23-,25?,26?,28?,31-,32?/m1/s1. The van der Waals surface area contributed by atoms with E-state index in [-0.39, 0.29) is 54.9 Å². The van der Waals surface area contributed by atoms with Crippen molar-refractivity contribution < 1.29 is 62.7 Å². The molecule has 244 valence electrons. The lowest BCUT2D eigenvalue weighted by atomic mass is 9.67. The highest BCUT2D eigenvalue weighted by Crippen LogP contribution is 2.56. The van der Waals surface area contributed by atoms with Crippen molar-refractivity contribution in [3.05, 3.63) is 57.3 Å². The second-order valence-electron chi connectivity index (χ2n) is 11.8. The molecular weight excluding hydrogens is 624 g/mol. The van der Waals surface area contributed by atoms with Crippen molar-refractivity contribution in [3.8, 4) is 34.5 Å². The number of esters is 1. The van der Waals surface area contributed by atoms with E-state index in [0.717, 1.165) is 4.88 Å². The van der Waals surface area contributed by atoms with Crippen LogP contribution in [-0.4, -0.2) is 86.2 Å². The molecule has 0 radical (unpaired) electrons. The van der Waals surface area contributed by atoms with Crippen LogP contribution in [0, 0.1) is 11.8 Å². The average molecular weight is 657 g/mol. The maximum absolute atomic E-state index is 13.2.